The van der Waals surface area contributed by atoms with Gasteiger partial charge in [0.15, 0.2) is 5.65 Å². The summed E-state index contributed by atoms with van der Waals surface area (Å²) >= 11 is 0. The summed E-state index contributed by atoms with van der Waals surface area (Å²) in [5.74, 6) is -0.505. The largest absolute Gasteiger partial charge is 0.388 e. The fourth-order valence-corrected chi connectivity index (χ4v) is 7.46. The number of para-hydroxylation sites is 1. The van der Waals surface area contributed by atoms with Crippen LogP contribution in [0.2, 0.25) is 0 Å². The van der Waals surface area contributed by atoms with Crippen molar-refractivity contribution in [3.8, 4) is 22.5 Å². The number of aliphatic hydroxyl groups is 1. The van der Waals surface area contributed by atoms with E-state index in [0.717, 1.165) is 49.9 Å². The highest BCUT2D eigenvalue weighted by molar-refractivity contribution is 6.09. The Bertz CT molecular complexity index is 2740. The zero-order chi connectivity index (χ0) is 37.0. The molecule has 3 N–H and O–H groups in total. The average molecular weight is 714 g/mol. The van der Waals surface area contributed by atoms with Crippen molar-refractivity contribution in [2.24, 2.45) is 0 Å². The molecule has 1 aliphatic carbocycles. The Kier molecular flexibility index (Phi) is 7.97. The van der Waals surface area contributed by atoms with Crippen LogP contribution in [0.5, 0.6) is 0 Å². The summed E-state index contributed by atoms with van der Waals surface area (Å²) in [6.45, 7) is 4.04. The van der Waals surface area contributed by atoms with Crippen LogP contribution in [0.25, 0.3) is 49.8 Å². The fourth-order valence-electron chi connectivity index (χ4n) is 7.46. The predicted molar refractivity (Wildman–Crippen MR) is 206 cm³/mol. The van der Waals surface area contributed by atoms with Crippen LogP contribution < -0.4 is 10.6 Å². The molecule has 0 unspecified atom stereocenters. The molecule has 0 spiro atoms. The topological polar surface area (TPSA) is 152 Å². The number of rotatable bonds is 8. The van der Waals surface area contributed by atoms with E-state index in [4.69, 9.17) is 4.98 Å². The van der Waals surface area contributed by atoms with Crippen LogP contribution in [-0.4, -0.2) is 63.1 Å². The minimum absolute atomic E-state index is 0.203. The number of hydrogen-bond acceptors (Lipinski definition) is 8. The lowest BCUT2D eigenvalue weighted by Crippen LogP contribution is -2.57. The maximum absolute atomic E-state index is 13.8. The Labute approximate surface area is 309 Å². The van der Waals surface area contributed by atoms with Crippen molar-refractivity contribution in [1.29, 1.82) is 0 Å². The first-order chi connectivity index (χ1) is 26.2. The number of carbonyl (C=O) groups is 2. The summed E-state index contributed by atoms with van der Waals surface area (Å²) in [6.07, 6.45) is 4.06. The second-order valence-corrected chi connectivity index (χ2v) is 14.1. The molecule has 8 aromatic rings. The normalized spacial score (nSPS) is 16.8. The third-order valence-electron chi connectivity index (χ3n) is 10.1. The molecule has 1 aliphatic rings. The van der Waals surface area contributed by atoms with Gasteiger partial charge in [-0.2, -0.15) is 5.10 Å². The molecule has 9 rings (SSSR count). The molecule has 12 heteroatoms. The van der Waals surface area contributed by atoms with E-state index in [1.165, 1.54) is 6.20 Å². The van der Waals surface area contributed by atoms with Gasteiger partial charge in [0.05, 0.1) is 41.3 Å². The van der Waals surface area contributed by atoms with E-state index in [9.17, 15) is 14.7 Å². The first-order valence-electron chi connectivity index (χ1n) is 17.7. The highest BCUT2D eigenvalue weighted by Crippen LogP contribution is 2.35. The molecule has 266 valence electrons. The minimum atomic E-state index is -1.05. The number of anilines is 1. The van der Waals surface area contributed by atoms with Gasteiger partial charge in [-0.05, 0) is 67.8 Å². The second-order valence-electron chi connectivity index (χ2n) is 14.1. The maximum Gasteiger partial charge on any atom is 0.261 e. The highest BCUT2D eigenvalue weighted by atomic mass is 16.3. The SMILES string of the molecule is Cc1cc(C)n2ncc(C(=O)Nc3ccc(-c4cn(CC5(O)CC(NC(=O)c6cc(-c7cccc8ccccc78)nc7ccccc67)C5)nn4)cc3)c2n1. The molecule has 4 aromatic heterocycles. The molecular weight excluding hydrogens is 679 g/mol. The molecule has 0 aliphatic heterocycles. The van der Waals surface area contributed by atoms with Gasteiger partial charge >= 0.3 is 0 Å². The van der Waals surface area contributed by atoms with Crippen molar-refractivity contribution in [1.82, 2.24) is 39.9 Å². The van der Waals surface area contributed by atoms with Gasteiger partial charge in [-0.1, -0.05) is 78.0 Å². The Morgan fingerprint density at radius 3 is 2.43 bits per heavy atom. The first kappa shape index (κ1) is 33.1. The van der Waals surface area contributed by atoms with Gasteiger partial charge in [0.1, 0.15) is 11.3 Å². The van der Waals surface area contributed by atoms with Crippen molar-refractivity contribution in [2.75, 3.05) is 5.32 Å². The number of hydrogen-bond donors (Lipinski definition) is 3. The van der Waals surface area contributed by atoms with E-state index in [1.54, 1.807) is 27.5 Å². The Morgan fingerprint density at radius 2 is 1.59 bits per heavy atom. The summed E-state index contributed by atoms with van der Waals surface area (Å²) in [6, 6.07) is 32.8. The average Bonchev–Trinajstić information content (AvgIpc) is 3.81. The van der Waals surface area contributed by atoms with Crippen LogP contribution in [0, 0.1) is 13.8 Å². The van der Waals surface area contributed by atoms with Gasteiger partial charge in [0.2, 0.25) is 0 Å². The molecule has 0 bridgehead atoms. The number of nitrogens with one attached hydrogen (secondary N) is 2. The number of aryl methyl sites for hydroxylation is 2. The van der Waals surface area contributed by atoms with E-state index < -0.39 is 5.60 Å². The van der Waals surface area contributed by atoms with E-state index in [0.29, 0.717) is 41.0 Å². The lowest BCUT2D eigenvalue weighted by Gasteiger charge is -2.43. The summed E-state index contributed by atoms with van der Waals surface area (Å²) < 4.78 is 3.27. The molecule has 0 atom stereocenters. The predicted octanol–water partition coefficient (Wildman–Crippen LogP) is 6.55. The van der Waals surface area contributed by atoms with Crippen molar-refractivity contribution >= 4 is 44.8 Å². The van der Waals surface area contributed by atoms with Gasteiger partial charge in [0, 0.05) is 39.6 Å². The summed E-state index contributed by atoms with van der Waals surface area (Å²) in [4.78, 5) is 36.3. The smallest absolute Gasteiger partial charge is 0.261 e. The summed E-state index contributed by atoms with van der Waals surface area (Å²) in [7, 11) is 0. The Morgan fingerprint density at radius 1 is 0.833 bits per heavy atom. The van der Waals surface area contributed by atoms with Gasteiger partial charge in [-0.15, -0.1) is 5.10 Å². The van der Waals surface area contributed by atoms with Crippen LogP contribution in [0.15, 0.2) is 116 Å². The van der Waals surface area contributed by atoms with Crippen LogP contribution in [0.1, 0.15) is 44.9 Å². The molecule has 12 nitrogen and oxygen atoms in total. The van der Waals surface area contributed by atoms with Crippen molar-refractivity contribution in [3.05, 3.63) is 138 Å². The molecule has 1 fully saturated rings. The second kappa shape index (κ2) is 13.0. The third kappa shape index (κ3) is 6.11. The van der Waals surface area contributed by atoms with Crippen LogP contribution in [0.4, 0.5) is 5.69 Å². The van der Waals surface area contributed by atoms with Crippen LogP contribution in [-0.2, 0) is 6.54 Å². The number of pyridine rings is 1. The highest BCUT2D eigenvalue weighted by Gasteiger charge is 2.44. The first-order valence-corrected chi connectivity index (χ1v) is 17.7. The fraction of sp³-hybridized carbons (Fsp3) is 0.167. The number of carbonyl (C=O) groups excluding carboxylic acids is 2. The van der Waals surface area contributed by atoms with Crippen molar-refractivity contribution < 1.29 is 14.7 Å². The quantitative estimate of drug-likeness (QED) is 0.160. The lowest BCUT2D eigenvalue weighted by molar-refractivity contribution is -0.0688. The van der Waals surface area contributed by atoms with Crippen molar-refractivity contribution in [3.63, 3.8) is 0 Å². The van der Waals surface area contributed by atoms with E-state index in [2.05, 4.69) is 49.2 Å². The number of nitrogens with zero attached hydrogens (tertiary/aromatic N) is 7. The Hall–Kier alpha value is -6.79. The molecule has 0 saturated heterocycles. The molecule has 2 amide bonds. The molecule has 4 aromatic carbocycles. The van der Waals surface area contributed by atoms with Crippen LogP contribution in [0.3, 0.4) is 0 Å². The Balaban J connectivity index is 0.847. The third-order valence-corrected chi connectivity index (χ3v) is 10.1. The monoisotopic (exact) mass is 713 g/mol. The van der Waals surface area contributed by atoms with Crippen molar-refractivity contribution in [2.45, 2.75) is 44.9 Å². The molecule has 4 heterocycles. The van der Waals surface area contributed by atoms with E-state index in [-0.39, 0.29) is 24.4 Å². The van der Waals surface area contributed by atoms with Gasteiger partial charge < -0.3 is 15.7 Å². The van der Waals surface area contributed by atoms with Gasteiger partial charge in [-0.3, -0.25) is 9.59 Å². The summed E-state index contributed by atoms with van der Waals surface area (Å²) in [5.41, 5.74) is 6.58. The number of fused-ring (bicyclic) bond motifs is 3. The maximum atomic E-state index is 13.8. The number of aromatic nitrogens is 7. The van der Waals surface area contributed by atoms with Crippen LogP contribution >= 0.6 is 0 Å². The molecule has 54 heavy (non-hydrogen) atoms. The van der Waals surface area contributed by atoms with E-state index in [1.807, 2.05) is 86.6 Å². The zero-order valence-corrected chi connectivity index (χ0v) is 29.6. The van der Waals surface area contributed by atoms with Gasteiger partial charge in [-0.25, -0.2) is 19.2 Å². The number of amides is 2. The molecule has 0 radical (unpaired) electrons. The number of benzene rings is 4. The summed E-state index contributed by atoms with van der Waals surface area (Å²) in [5, 5.41) is 33.3. The minimum Gasteiger partial charge on any atom is -0.388 e. The molecular formula is C42H35N9O3. The zero-order valence-electron chi connectivity index (χ0n) is 29.6. The van der Waals surface area contributed by atoms with E-state index >= 15 is 0 Å². The standard InChI is InChI=1S/C42H35N9O3/c1-25-18-26(2)51-39(44-25)35(22-43-51)41(53)45-29-16-14-28(15-17-29)38-23-50(49-48-38)24-42(54)20-30(21-42)46-40(52)34-19-37(47-36-13-6-5-11-33(34)36)32-12-7-9-27-8-3-4-10-31(27)32/h3-19,22-23,30,54H,20-21,24H2,1-2H3,(H,45,53)(H,46,52). The van der Waals surface area contributed by atoms with Gasteiger partial charge in [0.25, 0.3) is 11.8 Å². The molecule has 1 saturated carbocycles. The lowest BCUT2D eigenvalue weighted by atomic mass is 9.75.